The van der Waals surface area contributed by atoms with Crippen molar-refractivity contribution in [2.45, 2.75) is 27.2 Å². The minimum Gasteiger partial charge on any atom is -0.341 e. The van der Waals surface area contributed by atoms with Gasteiger partial charge in [-0.25, -0.2) is 4.79 Å². The molecule has 3 nitrogen and oxygen atoms in total. The number of urea groups is 1. The van der Waals surface area contributed by atoms with E-state index >= 15 is 0 Å². The summed E-state index contributed by atoms with van der Waals surface area (Å²) in [4.78, 5) is 13.1. The van der Waals surface area contributed by atoms with Gasteiger partial charge in [-0.15, -0.1) is 0 Å². The molecule has 0 bridgehead atoms. The Morgan fingerprint density at radius 3 is 2.42 bits per heavy atom. The highest BCUT2D eigenvalue weighted by molar-refractivity contribution is 5.73. The first-order valence-electron chi connectivity index (χ1n) is 4.58. The van der Waals surface area contributed by atoms with E-state index in [-0.39, 0.29) is 6.03 Å². The first-order chi connectivity index (χ1) is 5.61. The normalized spacial score (nSPS) is 10.1. The maximum Gasteiger partial charge on any atom is 0.317 e. The summed E-state index contributed by atoms with van der Waals surface area (Å²) in [5, 5.41) is 2.64. The smallest absolute Gasteiger partial charge is 0.317 e. The van der Waals surface area contributed by atoms with E-state index in [0.29, 0.717) is 5.92 Å². The van der Waals surface area contributed by atoms with Crippen LogP contribution in [0.25, 0.3) is 0 Å². The van der Waals surface area contributed by atoms with Crippen molar-refractivity contribution < 1.29 is 4.79 Å². The highest BCUT2D eigenvalue weighted by atomic mass is 16.2. The van der Waals surface area contributed by atoms with Crippen LogP contribution in [0.5, 0.6) is 0 Å². The second-order valence-electron chi connectivity index (χ2n) is 3.40. The molecule has 0 saturated heterocycles. The minimum atomic E-state index is 0.0329. The van der Waals surface area contributed by atoms with Crippen LogP contribution in [0.1, 0.15) is 27.2 Å². The predicted octanol–water partition coefficient (Wildman–Crippen LogP) is 1.69. The van der Waals surface area contributed by atoms with Crippen LogP contribution in [-0.4, -0.2) is 31.1 Å². The molecule has 0 aromatic carbocycles. The topological polar surface area (TPSA) is 32.3 Å². The van der Waals surface area contributed by atoms with Crippen LogP contribution >= 0.6 is 0 Å². The van der Waals surface area contributed by atoms with Gasteiger partial charge < -0.3 is 10.2 Å². The van der Waals surface area contributed by atoms with E-state index in [1.54, 1.807) is 7.05 Å². The fraction of sp³-hybridized carbons (Fsp3) is 0.889. The van der Waals surface area contributed by atoms with Crippen molar-refractivity contribution in [3.05, 3.63) is 0 Å². The molecule has 72 valence electrons. The Bertz CT molecular complexity index is 134. The van der Waals surface area contributed by atoms with Gasteiger partial charge >= 0.3 is 6.03 Å². The highest BCUT2D eigenvalue weighted by Gasteiger charge is 2.11. The third-order valence-electron chi connectivity index (χ3n) is 1.58. The summed E-state index contributed by atoms with van der Waals surface area (Å²) in [7, 11) is 1.67. The van der Waals surface area contributed by atoms with E-state index in [0.717, 1.165) is 19.5 Å². The third-order valence-corrected chi connectivity index (χ3v) is 1.58. The molecule has 0 aliphatic heterocycles. The molecule has 0 spiro atoms. The summed E-state index contributed by atoms with van der Waals surface area (Å²) >= 11 is 0. The van der Waals surface area contributed by atoms with Crippen molar-refractivity contribution in [2.75, 3.05) is 20.1 Å². The molecule has 0 aliphatic rings. The fourth-order valence-electron chi connectivity index (χ4n) is 1.14. The van der Waals surface area contributed by atoms with E-state index in [9.17, 15) is 4.79 Å². The number of nitrogens with one attached hydrogen (secondary N) is 1. The molecule has 0 aromatic rings. The number of hydrogen-bond donors (Lipinski definition) is 1. The van der Waals surface area contributed by atoms with Crippen molar-refractivity contribution in [3.63, 3.8) is 0 Å². The van der Waals surface area contributed by atoms with Crippen LogP contribution in [0.15, 0.2) is 0 Å². The number of hydrogen-bond acceptors (Lipinski definition) is 1. The van der Waals surface area contributed by atoms with Gasteiger partial charge in [0.2, 0.25) is 0 Å². The zero-order valence-electron chi connectivity index (χ0n) is 8.55. The molecule has 0 fully saturated rings. The Morgan fingerprint density at radius 2 is 2.08 bits per heavy atom. The molecule has 0 aromatic heterocycles. The van der Waals surface area contributed by atoms with Gasteiger partial charge in [0, 0.05) is 20.1 Å². The summed E-state index contributed by atoms with van der Waals surface area (Å²) in [5.74, 6) is 0.536. The van der Waals surface area contributed by atoms with E-state index in [1.165, 1.54) is 0 Å². The average molecular weight is 172 g/mol. The Kier molecular flexibility index (Phi) is 5.51. The minimum absolute atomic E-state index is 0.0329. The zero-order valence-corrected chi connectivity index (χ0v) is 8.55. The van der Waals surface area contributed by atoms with Crippen molar-refractivity contribution in [1.29, 1.82) is 0 Å². The summed E-state index contributed by atoms with van der Waals surface area (Å²) < 4.78 is 0. The zero-order chi connectivity index (χ0) is 9.56. The van der Waals surface area contributed by atoms with Crippen LogP contribution in [0.2, 0.25) is 0 Å². The van der Waals surface area contributed by atoms with Crippen LogP contribution < -0.4 is 5.32 Å². The molecule has 12 heavy (non-hydrogen) atoms. The van der Waals surface area contributed by atoms with Gasteiger partial charge in [0.05, 0.1) is 0 Å². The lowest BCUT2D eigenvalue weighted by Crippen LogP contribution is -2.40. The molecule has 0 rings (SSSR count). The van der Waals surface area contributed by atoms with Crippen molar-refractivity contribution in [3.8, 4) is 0 Å². The second kappa shape index (κ2) is 5.86. The van der Waals surface area contributed by atoms with Crippen molar-refractivity contribution >= 4 is 6.03 Å². The maximum absolute atomic E-state index is 11.3. The fourth-order valence-corrected chi connectivity index (χ4v) is 1.14. The standard InChI is InChI=1S/C9H20N2O/c1-5-6-11(7-8(2)3)9(12)10-4/h8H,5-7H2,1-4H3,(H,10,12). The number of carbonyl (C=O) groups excluding carboxylic acids is 1. The monoisotopic (exact) mass is 172 g/mol. The number of nitrogens with zero attached hydrogens (tertiary/aromatic N) is 1. The van der Waals surface area contributed by atoms with Crippen LogP contribution in [0.3, 0.4) is 0 Å². The summed E-state index contributed by atoms with van der Waals surface area (Å²) in [6.07, 6.45) is 1.01. The number of rotatable bonds is 4. The van der Waals surface area contributed by atoms with Gasteiger partial charge in [-0.1, -0.05) is 20.8 Å². The van der Waals surface area contributed by atoms with E-state index in [1.807, 2.05) is 4.90 Å². The van der Waals surface area contributed by atoms with Crippen LogP contribution in [-0.2, 0) is 0 Å². The molecule has 0 heterocycles. The number of amides is 2. The number of carbonyl (C=O) groups is 1. The summed E-state index contributed by atoms with van der Waals surface area (Å²) in [6, 6.07) is 0.0329. The Balaban J connectivity index is 3.94. The second-order valence-corrected chi connectivity index (χ2v) is 3.40. The Hall–Kier alpha value is -0.730. The van der Waals surface area contributed by atoms with Gasteiger partial charge in [-0.05, 0) is 12.3 Å². The first-order valence-corrected chi connectivity index (χ1v) is 4.58. The predicted molar refractivity (Wildman–Crippen MR) is 51.2 cm³/mol. The van der Waals surface area contributed by atoms with E-state index in [2.05, 4.69) is 26.1 Å². The van der Waals surface area contributed by atoms with Gasteiger partial charge in [-0.3, -0.25) is 0 Å². The lowest BCUT2D eigenvalue weighted by molar-refractivity contribution is 0.193. The van der Waals surface area contributed by atoms with Crippen molar-refractivity contribution in [1.82, 2.24) is 10.2 Å². The molecule has 0 unspecified atom stereocenters. The third kappa shape index (κ3) is 4.21. The summed E-state index contributed by atoms with van der Waals surface area (Å²) in [5.41, 5.74) is 0. The van der Waals surface area contributed by atoms with Gasteiger partial charge in [-0.2, -0.15) is 0 Å². The van der Waals surface area contributed by atoms with Crippen LogP contribution in [0.4, 0.5) is 4.79 Å². The van der Waals surface area contributed by atoms with Gasteiger partial charge in [0.15, 0.2) is 0 Å². The molecular formula is C9H20N2O. The quantitative estimate of drug-likeness (QED) is 0.687. The SMILES string of the molecule is CCCN(CC(C)C)C(=O)NC. The van der Waals surface area contributed by atoms with Gasteiger partial charge in [0.1, 0.15) is 0 Å². The molecule has 0 radical (unpaired) electrons. The Morgan fingerprint density at radius 1 is 1.50 bits per heavy atom. The Labute approximate surface area is 75.1 Å². The largest absolute Gasteiger partial charge is 0.341 e. The molecule has 1 N–H and O–H groups in total. The van der Waals surface area contributed by atoms with Crippen molar-refractivity contribution in [2.24, 2.45) is 5.92 Å². The summed E-state index contributed by atoms with van der Waals surface area (Å²) in [6.45, 7) is 8.00. The van der Waals surface area contributed by atoms with E-state index < -0.39 is 0 Å². The first kappa shape index (κ1) is 11.3. The average Bonchev–Trinajstić information content (AvgIpc) is 2.01. The molecule has 3 heteroatoms. The lowest BCUT2D eigenvalue weighted by atomic mass is 10.2. The highest BCUT2D eigenvalue weighted by Crippen LogP contribution is 1.99. The lowest BCUT2D eigenvalue weighted by Gasteiger charge is -2.23. The molecule has 0 saturated carbocycles. The molecule has 2 amide bonds. The van der Waals surface area contributed by atoms with Gasteiger partial charge in [0.25, 0.3) is 0 Å². The molecule has 0 aliphatic carbocycles. The molecule has 0 atom stereocenters. The van der Waals surface area contributed by atoms with Crippen LogP contribution in [0, 0.1) is 5.92 Å². The molecular weight excluding hydrogens is 152 g/mol. The maximum atomic E-state index is 11.3. The van der Waals surface area contributed by atoms with E-state index in [4.69, 9.17) is 0 Å².